The normalized spacial score (nSPS) is 11.2. The van der Waals surface area contributed by atoms with Crippen molar-refractivity contribution in [1.82, 2.24) is 0 Å². The van der Waals surface area contributed by atoms with Crippen LogP contribution in [0.4, 0.5) is 0 Å². The maximum Gasteiger partial charge on any atom is 0.306 e. The van der Waals surface area contributed by atoms with Crippen LogP contribution in [0.15, 0.2) is 24.3 Å². The predicted molar refractivity (Wildman–Crippen MR) is 51.2 cm³/mol. The second-order valence-corrected chi connectivity index (χ2v) is 2.46. The van der Waals surface area contributed by atoms with Gasteiger partial charge in [0.25, 0.3) is 0 Å². The fraction of sp³-hybridized carbons (Fsp3) is 0.500. The maximum absolute atomic E-state index is 10.8. The quantitative estimate of drug-likeness (QED) is 0.502. The van der Waals surface area contributed by atoms with E-state index in [-0.39, 0.29) is 19.0 Å². The molecule has 0 amide bonds. The fourth-order valence-corrected chi connectivity index (χ4v) is 0.682. The molecule has 0 aliphatic rings. The number of aliphatic hydroxyl groups is 1. The van der Waals surface area contributed by atoms with Crippen LogP contribution in [0.3, 0.4) is 0 Å². The first kappa shape index (κ1) is 11.9. The highest BCUT2D eigenvalue weighted by Crippen LogP contribution is 1.91. The van der Waals surface area contributed by atoms with Crippen molar-refractivity contribution in [3.05, 3.63) is 24.3 Å². The summed E-state index contributed by atoms with van der Waals surface area (Å²) in [7, 11) is 0. The molecule has 3 heteroatoms. The number of ether oxygens (including phenoxy) is 1. The lowest BCUT2D eigenvalue weighted by molar-refractivity contribution is -0.142. The Kier molecular flexibility index (Phi) is 8.25. The van der Waals surface area contributed by atoms with Gasteiger partial charge in [-0.3, -0.25) is 4.79 Å². The molecule has 0 aromatic carbocycles. The Labute approximate surface area is 78.7 Å². The van der Waals surface area contributed by atoms with Crippen LogP contribution in [0.25, 0.3) is 0 Å². The van der Waals surface area contributed by atoms with Crippen LogP contribution in [0, 0.1) is 0 Å². The minimum absolute atomic E-state index is 0.0313. The van der Waals surface area contributed by atoms with Crippen molar-refractivity contribution in [3.8, 4) is 0 Å². The van der Waals surface area contributed by atoms with E-state index in [1.807, 2.05) is 25.2 Å². The van der Waals surface area contributed by atoms with Crippen LogP contribution >= 0.6 is 0 Å². The smallest absolute Gasteiger partial charge is 0.306 e. The van der Waals surface area contributed by atoms with Crippen LogP contribution in [-0.2, 0) is 9.53 Å². The molecular formula is C10H16O3. The second kappa shape index (κ2) is 9.00. The molecular weight excluding hydrogens is 168 g/mol. The summed E-state index contributed by atoms with van der Waals surface area (Å²) >= 11 is 0. The van der Waals surface area contributed by atoms with Gasteiger partial charge in [-0.1, -0.05) is 18.2 Å². The minimum Gasteiger partial charge on any atom is -0.461 e. The molecule has 0 spiro atoms. The van der Waals surface area contributed by atoms with E-state index < -0.39 is 0 Å². The third-order valence-electron chi connectivity index (χ3n) is 1.32. The van der Waals surface area contributed by atoms with E-state index >= 15 is 0 Å². The van der Waals surface area contributed by atoms with E-state index in [0.29, 0.717) is 13.0 Å². The lowest BCUT2D eigenvalue weighted by Crippen LogP contribution is -2.04. The highest BCUT2D eigenvalue weighted by Gasteiger charge is 1.98. The molecule has 0 bridgehead atoms. The van der Waals surface area contributed by atoms with Gasteiger partial charge in [0.05, 0.1) is 0 Å². The molecule has 0 rings (SSSR count). The van der Waals surface area contributed by atoms with Crippen LogP contribution < -0.4 is 0 Å². The average Bonchev–Trinajstić information content (AvgIpc) is 2.14. The molecule has 74 valence electrons. The summed E-state index contributed by atoms with van der Waals surface area (Å²) in [6.07, 6.45) is 8.09. The zero-order valence-electron chi connectivity index (χ0n) is 7.90. The summed E-state index contributed by atoms with van der Waals surface area (Å²) in [5.41, 5.74) is 0. The largest absolute Gasteiger partial charge is 0.461 e. The van der Waals surface area contributed by atoms with Gasteiger partial charge >= 0.3 is 5.97 Å². The van der Waals surface area contributed by atoms with Crippen LogP contribution in [0.2, 0.25) is 0 Å². The molecule has 0 radical (unpaired) electrons. The third kappa shape index (κ3) is 8.82. The van der Waals surface area contributed by atoms with Gasteiger partial charge in [-0.2, -0.15) is 0 Å². The minimum atomic E-state index is -0.265. The highest BCUT2D eigenvalue weighted by atomic mass is 16.5. The number of carbonyl (C=O) groups is 1. The monoisotopic (exact) mass is 184 g/mol. The summed E-state index contributed by atoms with van der Waals surface area (Å²) < 4.78 is 4.82. The summed E-state index contributed by atoms with van der Waals surface area (Å²) in [5.74, 6) is -0.265. The van der Waals surface area contributed by atoms with Crippen LogP contribution in [0.1, 0.15) is 19.8 Å². The third-order valence-corrected chi connectivity index (χ3v) is 1.32. The van der Waals surface area contributed by atoms with Crippen LogP contribution in [0.5, 0.6) is 0 Å². The van der Waals surface area contributed by atoms with Gasteiger partial charge in [-0.25, -0.2) is 0 Å². The first-order chi connectivity index (χ1) is 6.31. The van der Waals surface area contributed by atoms with Crippen molar-refractivity contribution in [2.75, 3.05) is 13.2 Å². The number of allylic oxidation sites excluding steroid dienone is 3. The molecule has 0 aliphatic heterocycles. The summed E-state index contributed by atoms with van der Waals surface area (Å²) in [4.78, 5) is 10.8. The molecule has 0 saturated heterocycles. The molecule has 0 saturated carbocycles. The Bertz CT molecular complexity index is 183. The number of esters is 1. The Morgan fingerprint density at radius 2 is 2.23 bits per heavy atom. The van der Waals surface area contributed by atoms with E-state index in [4.69, 9.17) is 9.84 Å². The van der Waals surface area contributed by atoms with Gasteiger partial charge in [0.15, 0.2) is 0 Å². The van der Waals surface area contributed by atoms with Crippen molar-refractivity contribution >= 4 is 5.97 Å². The fourth-order valence-electron chi connectivity index (χ4n) is 0.682. The van der Waals surface area contributed by atoms with Crippen molar-refractivity contribution in [2.24, 2.45) is 0 Å². The summed E-state index contributed by atoms with van der Waals surface area (Å²) in [6.45, 7) is 2.25. The molecule has 0 unspecified atom stereocenters. The molecule has 0 aromatic rings. The second-order valence-electron chi connectivity index (χ2n) is 2.46. The summed E-state index contributed by atoms with van der Waals surface area (Å²) in [6, 6.07) is 0. The van der Waals surface area contributed by atoms with Gasteiger partial charge in [-0.15, -0.1) is 0 Å². The van der Waals surface area contributed by atoms with Crippen LogP contribution in [-0.4, -0.2) is 24.3 Å². The zero-order chi connectivity index (χ0) is 9.94. The molecule has 0 heterocycles. The zero-order valence-corrected chi connectivity index (χ0v) is 7.90. The van der Waals surface area contributed by atoms with Crippen molar-refractivity contribution in [1.29, 1.82) is 0 Å². The number of hydrogen-bond acceptors (Lipinski definition) is 3. The van der Waals surface area contributed by atoms with E-state index in [1.54, 1.807) is 6.08 Å². The molecule has 0 aliphatic carbocycles. The molecule has 0 fully saturated rings. The van der Waals surface area contributed by atoms with Crippen molar-refractivity contribution in [2.45, 2.75) is 19.8 Å². The van der Waals surface area contributed by atoms with Gasteiger partial charge in [0.2, 0.25) is 0 Å². The number of rotatable bonds is 6. The molecule has 0 aromatic heterocycles. The van der Waals surface area contributed by atoms with Gasteiger partial charge in [0, 0.05) is 13.0 Å². The maximum atomic E-state index is 10.8. The topological polar surface area (TPSA) is 46.5 Å². The standard InChI is InChI=1S/C10H16O3/c1-2-3-4-5-9-13-10(12)7-6-8-11/h2-5,11H,6-9H2,1H3/b3-2+,5-4-. The molecule has 3 nitrogen and oxygen atoms in total. The van der Waals surface area contributed by atoms with Gasteiger partial charge in [0.1, 0.15) is 6.61 Å². The lowest BCUT2D eigenvalue weighted by Gasteiger charge is -1.99. The molecule has 0 atom stereocenters. The van der Waals surface area contributed by atoms with E-state index in [9.17, 15) is 4.79 Å². The first-order valence-corrected chi connectivity index (χ1v) is 4.35. The number of carbonyl (C=O) groups excluding carboxylic acids is 1. The Morgan fingerprint density at radius 1 is 1.46 bits per heavy atom. The Hall–Kier alpha value is -1.09. The van der Waals surface area contributed by atoms with E-state index in [1.165, 1.54) is 0 Å². The highest BCUT2D eigenvalue weighted by molar-refractivity contribution is 5.69. The SMILES string of the molecule is C/C=C/C=C\COC(=O)CCCO. The van der Waals surface area contributed by atoms with E-state index in [2.05, 4.69) is 0 Å². The lowest BCUT2D eigenvalue weighted by atomic mass is 10.3. The van der Waals surface area contributed by atoms with Crippen molar-refractivity contribution < 1.29 is 14.6 Å². The first-order valence-electron chi connectivity index (χ1n) is 4.35. The number of hydrogen-bond donors (Lipinski definition) is 1. The van der Waals surface area contributed by atoms with Gasteiger partial charge in [-0.05, 0) is 19.4 Å². The summed E-state index contributed by atoms with van der Waals surface area (Å²) in [5, 5.41) is 8.43. The van der Waals surface area contributed by atoms with E-state index in [0.717, 1.165) is 0 Å². The number of aliphatic hydroxyl groups excluding tert-OH is 1. The average molecular weight is 184 g/mol. The predicted octanol–water partition coefficient (Wildman–Crippen LogP) is 1.43. The van der Waals surface area contributed by atoms with Gasteiger partial charge < -0.3 is 9.84 Å². The Balaban J connectivity index is 3.36. The van der Waals surface area contributed by atoms with Crippen molar-refractivity contribution in [3.63, 3.8) is 0 Å². The Morgan fingerprint density at radius 3 is 2.85 bits per heavy atom. The molecule has 1 N–H and O–H groups in total. The molecule has 13 heavy (non-hydrogen) atoms.